The zero-order valence-corrected chi connectivity index (χ0v) is 11.5. The number of hydrogen-bond donors (Lipinski definition) is 3. The minimum Gasteiger partial charge on any atom is -0.409 e. The van der Waals surface area contributed by atoms with Crippen molar-refractivity contribution in [1.82, 2.24) is 10.5 Å². The van der Waals surface area contributed by atoms with Gasteiger partial charge in [0.1, 0.15) is 5.76 Å². The van der Waals surface area contributed by atoms with Crippen molar-refractivity contribution in [1.29, 1.82) is 0 Å². The van der Waals surface area contributed by atoms with Crippen LogP contribution in [0.5, 0.6) is 0 Å². The Labute approximate surface area is 117 Å². The van der Waals surface area contributed by atoms with E-state index in [9.17, 15) is 4.79 Å². The molecule has 1 amide bonds. The number of nitrogens with zero attached hydrogens (tertiary/aromatic N) is 2. The van der Waals surface area contributed by atoms with E-state index in [-0.39, 0.29) is 23.4 Å². The van der Waals surface area contributed by atoms with E-state index in [2.05, 4.69) is 15.6 Å². The second-order valence-electron chi connectivity index (χ2n) is 5.20. The molecule has 1 aliphatic rings. The van der Waals surface area contributed by atoms with Gasteiger partial charge in [0.15, 0.2) is 11.5 Å². The fourth-order valence-electron chi connectivity index (χ4n) is 2.65. The van der Waals surface area contributed by atoms with E-state index in [1.165, 1.54) is 6.42 Å². The molecule has 7 nitrogen and oxygen atoms in total. The third-order valence-electron chi connectivity index (χ3n) is 3.70. The van der Waals surface area contributed by atoms with Crippen molar-refractivity contribution in [2.75, 3.05) is 0 Å². The Hall–Kier alpha value is -2.05. The van der Waals surface area contributed by atoms with E-state index in [0.717, 1.165) is 25.7 Å². The van der Waals surface area contributed by atoms with Gasteiger partial charge in [0, 0.05) is 6.07 Å². The molecule has 0 spiro atoms. The van der Waals surface area contributed by atoms with Crippen molar-refractivity contribution in [3.05, 3.63) is 17.5 Å². The highest BCUT2D eigenvalue weighted by Crippen LogP contribution is 2.26. The zero-order valence-electron chi connectivity index (χ0n) is 11.5. The van der Waals surface area contributed by atoms with Gasteiger partial charge in [-0.15, -0.1) is 0 Å². The quantitative estimate of drug-likeness (QED) is 0.334. The summed E-state index contributed by atoms with van der Waals surface area (Å²) in [5.41, 5.74) is 5.92. The average Bonchev–Trinajstić information content (AvgIpc) is 2.91. The molecule has 1 heterocycles. The number of nitrogens with one attached hydrogen (secondary N) is 1. The molecule has 0 bridgehead atoms. The first-order valence-corrected chi connectivity index (χ1v) is 6.83. The third-order valence-corrected chi connectivity index (χ3v) is 3.70. The first-order valence-electron chi connectivity index (χ1n) is 6.83. The van der Waals surface area contributed by atoms with E-state index in [4.69, 9.17) is 15.5 Å². The lowest BCUT2D eigenvalue weighted by atomic mass is 9.83. The van der Waals surface area contributed by atoms with Gasteiger partial charge in [-0.25, -0.2) is 0 Å². The fraction of sp³-hybridized carbons (Fsp3) is 0.615. The highest BCUT2D eigenvalue weighted by Gasteiger charge is 2.29. The van der Waals surface area contributed by atoms with Crippen LogP contribution in [0.4, 0.5) is 0 Å². The van der Waals surface area contributed by atoms with Crippen LogP contribution in [-0.2, 0) is 0 Å². The number of carbonyl (C=O) groups excluding carboxylic acids is 1. The summed E-state index contributed by atoms with van der Waals surface area (Å²) < 4.78 is 4.88. The Kier molecular flexibility index (Phi) is 4.60. The summed E-state index contributed by atoms with van der Waals surface area (Å²) in [5.74, 6) is 0.416. The van der Waals surface area contributed by atoms with Gasteiger partial charge >= 0.3 is 0 Å². The summed E-state index contributed by atoms with van der Waals surface area (Å²) >= 11 is 0. The number of amides is 1. The second-order valence-corrected chi connectivity index (χ2v) is 5.20. The number of nitrogens with two attached hydrogens (primary N) is 1. The summed E-state index contributed by atoms with van der Waals surface area (Å²) in [4.78, 5) is 12.1. The molecule has 0 aliphatic heterocycles. The van der Waals surface area contributed by atoms with Gasteiger partial charge in [-0.1, -0.05) is 29.6 Å². The van der Waals surface area contributed by atoms with E-state index >= 15 is 0 Å². The van der Waals surface area contributed by atoms with Crippen LogP contribution < -0.4 is 11.1 Å². The molecule has 1 fully saturated rings. The molecule has 0 aromatic carbocycles. The van der Waals surface area contributed by atoms with Crippen LogP contribution in [0.1, 0.15) is 48.4 Å². The van der Waals surface area contributed by atoms with Crippen LogP contribution in [0, 0.1) is 12.8 Å². The van der Waals surface area contributed by atoms with Gasteiger partial charge in [-0.2, -0.15) is 0 Å². The van der Waals surface area contributed by atoms with Crippen molar-refractivity contribution in [2.24, 2.45) is 16.8 Å². The summed E-state index contributed by atoms with van der Waals surface area (Å²) in [5, 5.41) is 18.4. The molecular weight excluding hydrogens is 260 g/mol. The molecule has 1 aromatic heterocycles. The zero-order chi connectivity index (χ0) is 14.5. The monoisotopic (exact) mass is 280 g/mol. The Balaban J connectivity index is 2.09. The van der Waals surface area contributed by atoms with Crippen LogP contribution in [0.2, 0.25) is 0 Å². The molecule has 1 unspecified atom stereocenters. The lowest BCUT2D eigenvalue weighted by Gasteiger charge is -2.29. The molecule has 0 radical (unpaired) electrons. The second kappa shape index (κ2) is 6.40. The van der Waals surface area contributed by atoms with Gasteiger partial charge < -0.3 is 20.8 Å². The van der Waals surface area contributed by atoms with Crippen LogP contribution in [0.3, 0.4) is 0 Å². The Morgan fingerprint density at radius 2 is 2.25 bits per heavy atom. The highest BCUT2D eigenvalue weighted by molar-refractivity contribution is 5.97. The van der Waals surface area contributed by atoms with Crippen LogP contribution in [0.25, 0.3) is 0 Å². The highest BCUT2D eigenvalue weighted by atomic mass is 16.5. The Morgan fingerprint density at radius 1 is 1.55 bits per heavy atom. The molecular formula is C13H20N4O3. The summed E-state index contributed by atoms with van der Waals surface area (Å²) in [7, 11) is 0. The van der Waals surface area contributed by atoms with Gasteiger partial charge in [-0.3, -0.25) is 4.79 Å². The van der Waals surface area contributed by atoms with Crippen molar-refractivity contribution >= 4 is 11.7 Å². The number of aryl methyl sites for hydroxylation is 1. The van der Waals surface area contributed by atoms with E-state index < -0.39 is 6.04 Å². The Morgan fingerprint density at radius 3 is 2.80 bits per heavy atom. The maximum atomic E-state index is 12.1. The topological polar surface area (TPSA) is 114 Å². The summed E-state index contributed by atoms with van der Waals surface area (Å²) in [6, 6.07) is 1.09. The predicted molar refractivity (Wildman–Crippen MR) is 72.5 cm³/mol. The van der Waals surface area contributed by atoms with Gasteiger partial charge in [-0.05, 0) is 25.7 Å². The third kappa shape index (κ3) is 3.28. The van der Waals surface area contributed by atoms with Crippen LogP contribution in [0.15, 0.2) is 15.7 Å². The molecule has 0 saturated heterocycles. The largest absolute Gasteiger partial charge is 0.409 e. The van der Waals surface area contributed by atoms with Crippen molar-refractivity contribution in [3.8, 4) is 0 Å². The number of aromatic nitrogens is 1. The summed E-state index contributed by atoms with van der Waals surface area (Å²) in [6.07, 6.45) is 5.30. The van der Waals surface area contributed by atoms with Crippen molar-refractivity contribution in [2.45, 2.75) is 45.1 Å². The SMILES string of the molecule is Cc1cc(C(=O)NC(C(N)=NO)C2CCCCC2)no1. The lowest BCUT2D eigenvalue weighted by Crippen LogP contribution is -2.49. The number of hydrogen-bond acceptors (Lipinski definition) is 5. The minimum absolute atomic E-state index is 0.0328. The first kappa shape index (κ1) is 14.4. The maximum Gasteiger partial charge on any atom is 0.274 e. The number of rotatable bonds is 4. The molecule has 20 heavy (non-hydrogen) atoms. The number of oxime groups is 1. The molecule has 2 rings (SSSR count). The average molecular weight is 280 g/mol. The van der Waals surface area contributed by atoms with E-state index in [1.54, 1.807) is 13.0 Å². The smallest absolute Gasteiger partial charge is 0.274 e. The molecule has 4 N–H and O–H groups in total. The first-order chi connectivity index (χ1) is 9.61. The number of carbonyl (C=O) groups is 1. The van der Waals surface area contributed by atoms with E-state index in [0.29, 0.717) is 5.76 Å². The normalized spacial score (nSPS) is 18.8. The molecule has 1 saturated carbocycles. The fourth-order valence-corrected chi connectivity index (χ4v) is 2.65. The van der Waals surface area contributed by atoms with Crippen molar-refractivity contribution < 1.29 is 14.5 Å². The Bertz CT molecular complexity index is 492. The lowest BCUT2D eigenvalue weighted by molar-refractivity contribution is 0.0921. The summed E-state index contributed by atoms with van der Waals surface area (Å²) in [6.45, 7) is 1.71. The molecule has 1 atom stereocenters. The standard InChI is InChI=1S/C13H20N4O3/c1-8-7-10(17-20-8)13(18)15-11(12(14)16-19)9-5-3-2-4-6-9/h7,9,11,19H,2-6H2,1H3,(H2,14,16)(H,15,18). The molecule has 1 aromatic rings. The van der Waals surface area contributed by atoms with Crippen molar-refractivity contribution in [3.63, 3.8) is 0 Å². The van der Waals surface area contributed by atoms with Gasteiger partial charge in [0.05, 0.1) is 6.04 Å². The molecule has 110 valence electrons. The van der Waals surface area contributed by atoms with Crippen LogP contribution >= 0.6 is 0 Å². The van der Waals surface area contributed by atoms with Gasteiger partial charge in [0.25, 0.3) is 5.91 Å². The number of amidine groups is 1. The van der Waals surface area contributed by atoms with E-state index in [1.807, 2.05) is 0 Å². The molecule has 7 heteroatoms. The van der Waals surface area contributed by atoms with Crippen LogP contribution in [-0.4, -0.2) is 28.1 Å². The molecule has 1 aliphatic carbocycles. The maximum absolute atomic E-state index is 12.1. The predicted octanol–water partition coefficient (Wildman–Crippen LogP) is 1.41. The van der Waals surface area contributed by atoms with Gasteiger partial charge in [0.2, 0.25) is 0 Å². The minimum atomic E-state index is -0.468.